The summed E-state index contributed by atoms with van der Waals surface area (Å²) in [6.45, 7) is 0.827. The first-order chi connectivity index (χ1) is 17.9. The molecule has 190 valence electrons. The van der Waals surface area contributed by atoms with E-state index in [1.54, 1.807) is 12.3 Å². The van der Waals surface area contributed by atoms with Crippen molar-refractivity contribution in [2.24, 2.45) is 15.9 Å². The minimum absolute atomic E-state index is 0.000726. The summed E-state index contributed by atoms with van der Waals surface area (Å²) in [6, 6.07) is 8.57. The molecule has 0 N–H and O–H groups in total. The van der Waals surface area contributed by atoms with Crippen molar-refractivity contribution in [1.82, 2.24) is 19.8 Å². The summed E-state index contributed by atoms with van der Waals surface area (Å²) in [6.07, 6.45) is 12.3. The van der Waals surface area contributed by atoms with Gasteiger partial charge in [-0.2, -0.15) is 15.5 Å². The number of aryl methyl sites for hydroxylation is 1. The number of carbonyl (C=O) groups is 1. The monoisotopic (exact) mass is 502 g/mol. The summed E-state index contributed by atoms with van der Waals surface area (Å²) in [5.74, 6) is -1.27. The minimum atomic E-state index is -0.636. The zero-order valence-corrected chi connectivity index (χ0v) is 20.5. The second-order valence-electron chi connectivity index (χ2n) is 11.0. The third-order valence-electron chi connectivity index (χ3n) is 8.27. The number of halogens is 2. The van der Waals surface area contributed by atoms with Crippen LogP contribution < -0.4 is 0 Å². The normalized spacial score (nSPS) is 25.6. The fourth-order valence-corrected chi connectivity index (χ4v) is 6.65. The van der Waals surface area contributed by atoms with Gasteiger partial charge in [0, 0.05) is 25.2 Å². The quantitative estimate of drug-likeness (QED) is 0.353. The van der Waals surface area contributed by atoms with E-state index >= 15 is 0 Å². The number of pyridine rings is 1. The number of hydrazone groups is 1. The van der Waals surface area contributed by atoms with E-state index in [-0.39, 0.29) is 16.7 Å². The van der Waals surface area contributed by atoms with Crippen molar-refractivity contribution < 1.29 is 13.6 Å². The molecule has 1 unspecified atom stereocenters. The maximum atomic E-state index is 13.7. The molecule has 3 aromatic rings. The Balaban J connectivity index is 0.940. The molecule has 3 aliphatic carbocycles. The molecule has 0 radical (unpaired) electrons. The van der Waals surface area contributed by atoms with Crippen LogP contribution in [0.2, 0.25) is 0 Å². The molecule has 3 heterocycles. The molecule has 37 heavy (non-hydrogen) atoms. The topological polar surface area (TPSA) is 87.2 Å². The maximum Gasteiger partial charge on any atom is 0.249 e. The summed E-state index contributed by atoms with van der Waals surface area (Å²) in [5, 5.41) is 19.3. The lowest BCUT2D eigenvalue weighted by molar-refractivity contribution is -0.220. The third-order valence-corrected chi connectivity index (χ3v) is 8.27. The number of carbonyl (C=O) groups excluding carboxylic acids is 1. The van der Waals surface area contributed by atoms with Gasteiger partial charge in [-0.05, 0) is 67.3 Å². The molecule has 2 bridgehead atoms. The van der Waals surface area contributed by atoms with Gasteiger partial charge in [0.05, 0.1) is 17.7 Å². The Hall–Kier alpha value is -3.67. The number of unbranched alkanes of at least 4 members (excludes halogenated alkanes) is 3. The fourth-order valence-electron chi connectivity index (χ4n) is 6.65. The molecule has 3 fully saturated rings. The van der Waals surface area contributed by atoms with Gasteiger partial charge in [-0.3, -0.25) is 9.48 Å². The zero-order chi connectivity index (χ0) is 25.6. The van der Waals surface area contributed by atoms with Crippen LogP contribution in [0, 0.1) is 33.8 Å². The van der Waals surface area contributed by atoms with Gasteiger partial charge < -0.3 is 0 Å². The third kappa shape index (κ3) is 4.28. The van der Waals surface area contributed by atoms with Crippen LogP contribution in [0.15, 0.2) is 41.6 Å². The van der Waals surface area contributed by atoms with Crippen LogP contribution >= 0.6 is 0 Å². The van der Waals surface area contributed by atoms with Crippen molar-refractivity contribution in [1.29, 1.82) is 5.26 Å². The molecule has 7 nitrogen and oxygen atoms in total. The molecule has 0 saturated heterocycles. The standard InChI is InChI=1S/C28H28F2N6O/c29-20-11-19(12-21(30)13-20)25-7-9-32-36(25)26(37)28-16-27(17-28,18-28)8-3-1-2-4-10-35-15-24-23(34-35)6-5-22(14-31)33-24/h5-6,9,11-13,15,25H,1-4,7-8,10,16-18H2. The molecular weight excluding hydrogens is 474 g/mol. The van der Waals surface area contributed by atoms with Crippen molar-refractivity contribution in [3.8, 4) is 6.07 Å². The second-order valence-corrected chi connectivity index (χ2v) is 11.0. The molecule has 2 aromatic heterocycles. The number of amides is 1. The van der Waals surface area contributed by atoms with Crippen LogP contribution in [-0.4, -0.2) is 31.9 Å². The van der Waals surface area contributed by atoms with E-state index in [2.05, 4.69) is 21.3 Å². The average molecular weight is 503 g/mol. The van der Waals surface area contributed by atoms with Crippen LogP contribution in [0.3, 0.4) is 0 Å². The number of hydrogen-bond acceptors (Lipinski definition) is 5. The van der Waals surface area contributed by atoms with Gasteiger partial charge in [-0.1, -0.05) is 19.3 Å². The molecule has 1 aliphatic heterocycles. The Bertz CT molecular complexity index is 1400. The van der Waals surface area contributed by atoms with E-state index in [4.69, 9.17) is 5.26 Å². The molecule has 4 aliphatic rings. The smallest absolute Gasteiger partial charge is 0.249 e. The highest BCUT2D eigenvalue weighted by molar-refractivity contribution is 5.88. The Morgan fingerprint density at radius 1 is 1.05 bits per heavy atom. The number of fused-ring (bicyclic) bond motifs is 1. The maximum absolute atomic E-state index is 13.7. The van der Waals surface area contributed by atoms with E-state index in [1.807, 2.05) is 16.9 Å². The van der Waals surface area contributed by atoms with E-state index in [1.165, 1.54) is 17.1 Å². The van der Waals surface area contributed by atoms with Crippen LogP contribution in [0.25, 0.3) is 11.0 Å². The number of benzene rings is 1. The SMILES string of the molecule is N#Cc1ccc2nn(CCCCCCC34CC(C(=O)N5N=CCC5c5cc(F)cc(F)c5)(C3)C4)cc2n1. The highest BCUT2D eigenvalue weighted by Gasteiger charge is 2.71. The van der Waals surface area contributed by atoms with Gasteiger partial charge in [0.1, 0.15) is 34.4 Å². The summed E-state index contributed by atoms with van der Waals surface area (Å²) in [5.41, 5.74) is 2.35. The Morgan fingerprint density at radius 3 is 2.57 bits per heavy atom. The first-order valence-corrected chi connectivity index (χ1v) is 13.0. The van der Waals surface area contributed by atoms with Crippen LogP contribution in [0.4, 0.5) is 8.78 Å². The second kappa shape index (κ2) is 9.02. The van der Waals surface area contributed by atoms with Gasteiger partial charge in [0.15, 0.2) is 0 Å². The number of hydrogen-bond donors (Lipinski definition) is 0. The lowest BCUT2D eigenvalue weighted by Gasteiger charge is -2.70. The van der Waals surface area contributed by atoms with E-state index in [0.717, 1.165) is 75.0 Å². The Labute approximate surface area is 213 Å². The molecule has 1 atom stereocenters. The van der Waals surface area contributed by atoms with Crippen molar-refractivity contribution in [3.63, 3.8) is 0 Å². The first kappa shape index (κ1) is 23.7. The van der Waals surface area contributed by atoms with Crippen LogP contribution in [0.5, 0.6) is 0 Å². The summed E-state index contributed by atoms with van der Waals surface area (Å²) >= 11 is 0. The highest BCUT2D eigenvalue weighted by atomic mass is 19.1. The predicted octanol–water partition coefficient (Wildman–Crippen LogP) is 5.66. The van der Waals surface area contributed by atoms with E-state index in [9.17, 15) is 13.6 Å². The van der Waals surface area contributed by atoms with Gasteiger partial charge in [-0.25, -0.2) is 18.8 Å². The highest BCUT2D eigenvalue weighted by Crippen LogP contribution is 2.76. The lowest BCUT2D eigenvalue weighted by Crippen LogP contribution is -2.67. The van der Waals surface area contributed by atoms with Crippen molar-refractivity contribution >= 4 is 23.2 Å². The minimum Gasteiger partial charge on any atom is -0.272 e. The Morgan fingerprint density at radius 2 is 1.81 bits per heavy atom. The van der Waals surface area contributed by atoms with Crippen molar-refractivity contribution in [3.05, 3.63) is 59.4 Å². The molecule has 7 rings (SSSR count). The fraction of sp³-hybridized carbons (Fsp3) is 0.464. The van der Waals surface area contributed by atoms with E-state index < -0.39 is 17.7 Å². The molecular formula is C28H28F2N6O. The molecule has 9 heteroatoms. The number of nitriles is 1. The molecule has 0 spiro atoms. The average Bonchev–Trinajstić information content (AvgIpc) is 3.47. The number of nitrogens with zero attached hydrogens (tertiary/aromatic N) is 6. The predicted molar refractivity (Wildman–Crippen MR) is 133 cm³/mol. The van der Waals surface area contributed by atoms with Gasteiger partial charge in [0.2, 0.25) is 5.91 Å². The molecule has 1 amide bonds. The zero-order valence-electron chi connectivity index (χ0n) is 20.5. The van der Waals surface area contributed by atoms with Crippen LogP contribution in [0.1, 0.15) is 75.1 Å². The molecule has 3 saturated carbocycles. The summed E-state index contributed by atoms with van der Waals surface area (Å²) < 4.78 is 29.4. The van der Waals surface area contributed by atoms with Crippen molar-refractivity contribution in [2.45, 2.75) is 70.4 Å². The van der Waals surface area contributed by atoms with Crippen molar-refractivity contribution in [2.75, 3.05) is 0 Å². The summed E-state index contributed by atoms with van der Waals surface area (Å²) in [7, 11) is 0. The number of aromatic nitrogens is 3. The molecule has 1 aromatic carbocycles. The van der Waals surface area contributed by atoms with Crippen LogP contribution in [-0.2, 0) is 11.3 Å². The Kier molecular flexibility index (Phi) is 5.78. The largest absolute Gasteiger partial charge is 0.272 e. The lowest BCUT2D eigenvalue weighted by atomic mass is 9.33. The van der Waals surface area contributed by atoms with Gasteiger partial charge in [-0.15, -0.1) is 0 Å². The first-order valence-electron chi connectivity index (χ1n) is 13.0. The van der Waals surface area contributed by atoms with Gasteiger partial charge in [0.25, 0.3) is 0 Å². The number of rotatable bonds is 9. The van der Waals surface area contributed by atoms with Gasteiger partial charge >= 0.3 is 0 Å². The summed E-state index contributed by atoms with van der Waals surface area (Å²) in [4.78, 5) is 17.6. The van der Waals surface area contributed by atoms with E-state index in [0.29, 0.717) is 17.7 Å².